The lowest BCUT2D eigenvalue weighted by atomic mass is 10.2. The monoisotopic (exact) mass is 449 g/mol. The van der Waals surface area contributed by atoms with Crippen molar-refractivity contribution in [2.24, 2.45) is 0 Å². The molecule has 1 N–H and O–H groups in total. The Morgan fingerprint density at radius 1 is 1.16 bits per heavy atom. The molecule has 9 heteroatoms. The second-order valence-corrected chi connectivity index (χ2v) is 8.91. The summed E-state index contributed by atoms with van der Waals surface area (Å²) in [6.07, 6.45) is 2.35. The number of nitrogens with zero attached hydrogens (tertiary/aromatic N) is 4. The third kappa shape index (κ3) is 3.55. The maximum atomic E-state index is 13.1. The largest absolute Gasteiger partial charge is 0.310 e. The molecule has 156 valence electrons. The van der Waals surface area contributed by atoms with Crippen molar-refractivity contribution in [3.63, 3.8) is 0 Å². The number of benzene rings is 1. The van der Waals surface area contributed by atoms with Gasteiger partial charge in [-0.15, -0.1) is 22.7 Å². The number of aryl methyl sites for hydroxylation is 1. The number of anilines is 1. The van der Waals surface area contributed by atoms with Crippen molar-refractivity contribution in [3.05, 3.63) is 63.8 Å². The molecule has 31 heavy (non-hydrogen) atoms. The summed E-state index contributed by atoms with van der Waals surface area (Å²) >= 11 is 3.01. The van der Waals surface area contributed by atoms with Gasteiger partial charge >= 0.3 is 0 Å². The molecule has 1 amide bonds. The molecule has 0 unspecified atom stereocenters. The first kappa shape index (κ1) is 19.7. The summed E-state index contributed by atoms with van der Waals surface area (Å²) in [5.41, 5.74) is 2.45. The molecule has 0 spiro atoms. The third-order valence-electron chi connectivity index (χ3n) is 5.01. The maximum absolute atomic E-state index is 13.1. The van der Waals surface area contributed by atoms with E-state index in [2.05, 4.69) is 22.2 Å². The molecule has 5 aromatic rings. The highest BCUT2D eigenvalue weighted by atomic mass is 32.1. The van der Waals surface area contributed by atoms with Crippen LogP contribution in [0.5, 0.6) is 0 Å². The zero-order chi connectivity index (χ0) is 21.4. The van der Waals surface area contributed by atoms with Crippen LogP contribution in [0.2, 0.25) is 0 Å². The van der Waals surface area contributed by atoms with E-state index in [1.165, 1.54) is 22.2 Å². The minimum absolute atomic E-state index is 0.128. The minimum Gasteiger partial charge on any atom is -0.310 e. The Balaban J connectivity index is 1.46. The van der Waals surface area contributed by atoms with Crippen LogP contribution in [0, 0.1) is 0 Å². The molecule has 0 radical (unpaired) electrons. The van der Waals surface area contributed by atoms with Crippen LogP contribution in [0.1, 0.15) is 13.3 Å². The van der Waals surface area contributed by atoms with E-state index in [4.69, 9.17) is 0 Å². The molecule has 4 heterocycles. The number of thiophene rings is 2. The van der Waals surface area contributed by atoms with Crippen molar-refractivity contribution < 1.29 is 4.79 Å². The fourth-order valence-corrected chi connectivity index (χ4v) is 5.35. The van der Waals surface area contributed by atoms with Gasteiger partial charge in [-0.2, -0.15) is 0 Å². The lowest BCUT2D eigenvalue weighted by molar-refractivity contribution is -0.116. The number of carbonyl (C=O) groups excluding carboxylic acids is 1. The van der Waals surface area contributed by atoms with Gasteiger partial charge in [0, 0.05) is 22.4 Å². The number of imidazole rings is 1. The highest BCUT2D eigenvalue weighted by Gasteiger charge is 2.17. The summed E-state index contributed by atoms with van der Waals surface area (Å²) in [6, 6.07) is 11.7. The highest BCUT2D eigenvalue weighted by molar-refractivity contribution is 7.18. The number of carbonyl (C=O) groups is 1. The Hall–Kier alpha value is -3.30. The van der Waals surface area contributed by atoms with Gasteiger partial charge in [0.15, 0.2) is 0 Å². The number of para-hydroxylation sites is 2. The zero-order valence-electron chi connectivity index (χ0n) is 16.7. The molecule has 0 saturated heterocycles. The van der Waals surface area contributed by atoms with Gasteiger partial charge < -0.3 is 4.57 Å². The van der Waals surface area contributed by atoms with Crippen molar-refractivity contribution >= 4 is 55.8 Å². The fraction of sp³-hybridized carbons (Fsp3) is 0.182. The average Bonchev–Trinajstić information content (AvgIpc) is 3.50. The van der Waals surface area contributed by atoms with Gasteiger partial charge in [0.1, 0.15) is 11.4 Å². The van der Waals surface area contributed by atoms with Gasteiger partial charge in [-0.3, -0.25) is 19.5 Å². The van der Waals surface area contributed by atoms with E-state index in [0.717, 1.165) is 34.4 Å². The number of nitrogens with one attached hydrogen (secondary N) is 1. The molecule has 0 aliphatic heterocycles. The Morgan fingerprint density at radius 3 is 2.84 bits per heavy atom. The first-order valence-electron chi connectivity index (χ1n) is 9.91. The number of hydrogen-bond donors (Lipinski definition) is 1. The Labute approximate surface area is 185 Å². The fourth-order valence-electron chi connectivity index (χ4n) is 3.63. The highest BCUT2D eigenvalue weighted by Crippen LogP contribution is 2.33. The van der Waals surface area contributed by atoms with Gasteiger partial charge in [0.25, 0.3) is 5.56 Å². The van der Waals surface area contributed by atoms with E-state index < -0.39 is 0 Å². The van der Waals surface area contributed by atoms with Gasteiger partial charge in [0.05, 0.1) is 22.7 Å². The van der Waals surface area contributed by atoms with Crippen molar-refractivity contribution in [3.8, 4) is 10.4 Å². The van der Waals surface area contributed by atoms with Crippen molar-refractivity contribution in [2.45, 2.75) is 26.4 Å². The van der Waals surface area contributed by atoms with Crippen LogP contribution in [0.25, 0.3) is 31.7 Å². The standard InChI is InChI=1S/C22H19N5O2S2/c1-2-9-27-16-7-4-3-6-15(16)24-22(27)25-18(28)11-26-13-23-20-19(21(26)29)14(12-31-20)17-8-5-10-30-17/h3-8,10,12-13H,2,9,11H2,1H3,(H,24,25,28). The molecule has 0 saturated carbocycles. The average molecular weight is 450 g/mol. The summed E-state index contributed by atoms with van der Waals surface area (Å²) in [6.45, 7) is 2.69. The number of hydrogen-bond acceptors (Lipinski definition) is 6. The molecular formula is C22H19N5O2S2. The van der Waals surface area contributed by atoms with E-state index in [-0.39, 0.29) is 18.0 Å². The molecule has 1 aromatic carbocycles. The Bertz CT molecular complexity index is 1450. The summed E-state index contributed by atoms with van der Waals surface area (Å²) in [4.78, 5) is 36.6. The Kier molecular flexibility index (Phi) is 5.13. The molecule has 0 aliphatic carbocycles. The van der Waals surface area contributed by atoms with E-state index in [9.17, 15) is 9.59 Å². The summed E-state index contributed by atoms with van der Waals surface area (Å²) in [5, 5.41) is 7.35. The molecule has 4 aromatic heterocycles. The second-order valence-electron chi connectivity index (χ2n) is 7.11. The summed E-state index contributed by atoms with van der Waals surface area (Å²) < 4.78 is 3.35. The van der Waals surface area contributed by atoms with E-state index in [0.29, 0.717) is 16.2 Å². The molecule has 7 nitrogen and oxygen atoms in total. The molecule has 0 bridgehead atoms. The topological polar surface area (TPSA) is 81.8 Å². The van der Waals surface area contributed by atoms with Crippen molar-refractivity contribution in [2.75, 3.05) is 5.32 Å². The summed E-state index contributed by atoms with van der Waals surface area (Å²) in [5.74, 6) is 0.175. The first-order valence-corrected chi connectivity index (χ1v) is 11.7. The zero-order valence-corrected chi connectivity index (χ0v) is 18.4. The number of fused-ring (bicyclic) bond motifs is 2. The predicted molar refractivity (Wildman–Crippen MR) is 126 cm³/mol. The first-order chi connectivity index (χ1) is 15.2. The normalized spacial score (nSPS) is 11.4. The van der Waals surface area contributed by atoms with Crippen LogP contribution in [-0.2, 0) is 17.9 Å². The Morgan fingerprint density at radius 2 is 2.03 bits per heavy atom. The maximum Gasteiger partial charge on any atom is 0.263 e. The molecule has 0 fully saturated rings. The smallest absolute Gasteiger partial charge is 0.263 e. The minimum atomic E-state index is -0.316. The third-order valence-corrected chi connectivity index (χ3v) is 6.80. The van der Waals surface area contributed by atoms with E-state index in [1.807, 2.05) is 51.7 Å². The van der Waals surface area contributed by atoms with Crippen molar-refractivity contribution in [1.82, 2.24) is 19.1 Å². The van der Waals surface area contributed by atoms with E-state index >= 15 is 0 Å². The lowest BCUT2D eigenvalue weighted by Crippen LogP contribution is -2.28. The van der Waals surface area contributed by atoms with Crippen LogP contribution in [0.15, 0.2) is 58.3 Å². The quantitative estimate of drug-likeness (QED) is 0.411. The van der Waals surface area contributed by atoms with Crippen LogP contribution in [0.3, 0.4) is 0 Å². The van der Waals surface area contributed by atoms with Gasteiger partial charge in [-0.05, 0) is 30.0 Å². The van der Waals surface area contributed by atoms with Gasteiger partial charge in [-0.1, -0.05) is 25.1 Å². The number of amides is 1. The predicted octanol–water partition coefficient (Wildman–Crippen LogP) is 4.58. The van der Waals surface area contributed by atoms with Crippen molar-refractivity contribution in [1.29, 1.82) is 0 Å². The van der Waals surface area contributed by atoms with Crippen LogP contribution in [0.4, 0.5) is 5.95 Å². The molecule has 0 aliphatic rings. The number of rotatable bonds is 6. The van der Waals surface area contributed by atoms with Crippen LogP contribution < -0.4 is 10.9 Å². The SMILES string of the molecule is CCCn1c(NC(=O)Cn2cnc3scc(-c4cccs4)c3c2=O)nc2ccccc21. The second kappa shape index (κ2) is 8.09. The molecular weight excluding hydrogens is 430 g/mol. The van der Waals surface area contributed by atoms with Gasteiger partial charge in [-0.25, -0.2) is 9.97 Å². The van der Waals surface area contributed by atoms with Gasteiger partial charge in [0.2, 0.25) is 11.9 Å². The van der Waals surface area contributed by atoms with Crippen LogP contribution in [-0.4, -0.2) is 25.0 Å². The summed E-state index contributed by atoms with van der Waals surface area (Å²) in [7, 11) is 0. The van der Waals surface area contributed by atoms with E-state index in [1.54, 1.807) is 11.3 Å². The number of aromatic nitrogens is 4. The molecule has 5 rings (SSSR count). The lowest BCUT2D eigenvalue weighted by Gasteiger charge is -2.10. The van der Waals surface area contributed by atoms with Crippen LogP contribution >= 0.6 is 22.7 Å². The molecule has 0 atom stereocenters.